The lowest BCUT2D eigenvalue weighted by Crippen LogP contribution is -2.30. The van der Waals surface area contributed by atoms with E-state index in [4.69, 9.17) is 5.73 Å². The number of fused-ring (bicyclic) bond motifs is 4. The topological polar surface area (TPSA) is 81.5 Å². The normalized spacial score (nSPS) is 14.0. The van der Waals surface area contributed by atoms with Crippen LogP contribution in [0.15, 0.2) is 47.3 Å². The Bertz CT molecular complexity index is 1260. The van der Waals surface area contributed by atoms with Crippen LogP contribution in [-0.4, -0.2) is 25.7 Å². The van der Waals surface area contributed by atoms with Gasteiger partial charge in [0.25, 0.3) is 5.56 Å². The van der Waals surface area contributed by atoms with Gasteiger partial charge in [0.05, 0.1) is 17.4 Å². The Morgan fingerprint density at radius 1 is 1.11 bits per heavy atom. The molecular formula is C21H22N6O. The predicted octanol–water partition coefficient (Wildman–Crippen LogP) is 2.60. The van der Waals surface area contributed by atoms with E-state index in [-0.39, 0.29) is 5.56 Å². The van der Waals surface area contributed by atoms with E-state index in [0.717, 1.165) is 42.1 Å². The lowest BCUT2D eigenvalue weighted by Gasteiger charge is -2.31. The SMILES string of the molecule is CCn1c(=O)c2ccccc2n2c(CN3CCCc4c(N)cccc43)nnc12. The van der Waals surface area contributed by atoms with Crippen molar-refractivity contribution in [3.05, 3.63) is 64.2 Å². The number of anilines is 2. The Labute approximate surface area is 162 Å². The number of rotatable bonds is 3. The highest BCUT2D eigenvalue weighted by Crippen LogP contribution is 2.32. The minimum Gasteiger partial charge on any atom is -0.398 e. The average Bonchev–Trinajstić information content (AvgIpc) is 3.13. The summed E-state index contributed by atoms with van der Waals surface area (Å²) in [6.07, 6.45) is 2.05. The van der Waals surface area contributed by atoms with E-state index in [0.29, 0.717) is 24.3 Å². The summed E-state index contributed by atoms with van der Waals surface area (Å²) >= 11 is 0. The second kappa shape index (κ2) is 6.37. The first-order valence-electron chi connectivity index (χ1n) is 9.67. The van der Waals surface area contributed by atoms with E-state index in [1.807, 2.05) is 47.7 Å². The van der Waals surface area contributed by atoms with Gasteiger partial charge in [-0.25, -0.2) is 0 Å². The number of para-hydroxylation sites is 1. The summed E-state index contributed by atoms with van der Waals surface area (Å²) < 4.78 is 3.70. The highest BCUT2D eigenvalue weighted by Gasteiger charge is 2.22. The van der Waals surface area contributed by atoms with Gasteiger partial charge < -0.3 is 10.6 Å². The molecule has 4 aromatic rings. The summed E-state index contributed by atoms with van der Waals surface area (Å²) in [7, 11) is 0. The number of nitrogens with two attached hydrogens (primary N) is 1. The molecule has 1 aliphatic heterocycles. The number of aryl methyl sites for hydroxylation is 1. The Kier molecular flexibility index (Phi) is 3.82. The molecule has 0 amide bonds. The Morgan fingerprint density at radius 3 is 2.82 bits per heavy atom. The number of benzene rings is 2. The first-order chi connectivity index (χ1) is 13.7. The van der Waals surface area contributed by atoms with Crippen molar-refractivity contribution in [1.29, 1.82) is 0 Å². The van der Waals surface area contributed by atoms with Crippen molar-refractivity contribution in [2.45, 2.75) is 32.9 Å². The van der Waals surface area contributed by atoms with E-state index in [1.165, 1.54) is 5.56 Å². The van der Waals surface area contributed by atoms with Gasteiger partial charge in [0.1, 0.15) is 0 Å². The molecule has 0 unspecified atom stereocenters. The summed E-state index contributed by atoms with van der Waals surface area (Å²) in [5, 5.41) is 9.51. The van der Waals surface area contributed by atoms with Crippen molar-refractivity contribution in [1.82, 2.24) is 19.2 Å². The summed E-state index contributed by atoms with van der Waals surface area (Å²) in [5.74, 6) is 1.41. The quantitative estimate of drug-likeness (QED) is 0.558. The lowest BCUT2D eigenvalue weighted by molar-refractivity contribution is 0.671. The smallest absolute Gasteiger partial charge is 0.262 e. The minimum absolute atomic E-state index is 0.0272. The first kappa shape index (κ1) is 16.8. The van der Waals surface area contributed by atoms with Crippen LogP contribution < -0.4 is 16.2 Å². The third kappa shape index (κ3) is 2.39. The van der Waals surface area contributed by atoms with Gasteiger partial charge in [0.15, 0.2) is 5.82 Å². The molecule has 2 aromatic carbocycles. The maximum absolute atomic E-state index is 12.8. The zero-order chi connectivity index (χ0) is 19.3. The van der Waals surface area contributed by atoms with E-state index in [2.05, 4.69) is 21.2 Å². The van der Waals surface area contributed by atoms with Crippen molar-refractivity contribution in [3.8, 4) is 0 Å². The fraction of sp³-hybridized carbons (Fsp3) is 0.286. The molecule has 5 rings (SSSR count). The van der Waals surface area contributed by atoms with Crippen molar-refractivity contribution >= 4 is 28.1 Å². The van der Waals surface area contributed by atoms with Crippen LogP contribution in [0.25, 0.3) is 16.7 Å². The Balaban J connectivity index is 1.69. The third-order valence-corrected chi connectivity index (χ3v) is 5.61. The van der Waals surface area contributed by atoms with Crippen LogP contribution in [0.5, 0.6) is 0 Å². The zero-order valence-corrected chi connectivity index (χ0v) is 15.8. The van der Waals surface area contributed by atoms with Crippen LogP contribution in [-0.2, 0) is 19.5 Å². The van der Waals surface area contributed by atoms with E-state index < -0.39 is 0 Å². The van der Waals surface area contributed by atoms with Crippen LogP contribution in [0.4, 0.5) is 11.4 Å². The van der Waals surface area contributed by atoms with E-state index in [9.17, 15) is 4.79 Å². The van der Waals surface area contributed by atoms with E-state index >= 15 is 0 Å². The molecule has 0 radical (unpaired) electrons. The highest BCUT2D eigenvalue weighted by atomic mass is 16.1. The molecule has 1 aliphatic rings. The molecular weight excluding hydrogens is 352 g/mol. The van der Waals surface area contributed by atoms with Crippen molar-refractivity contribution in [3.63, 3.8) is 0 Å². The van der Waals surface area contributed by atoms with Gasteiger partial charge in [-0.2, -0.15) is 0 Å². The number of aromatic nitrogens is 4. The summed E-state index contributed by atoms with van der Waals surface area (Å²) in [5.41, 5.74) is 10.2. The van der Waals surface area contributed by atoms with Crippen molar-refractivity contribution < 1.29 is 0 Å². The molecule has 0 bridgehead atoms. The molecule has 28 heavy (non-hydrogen) atoms. The molecule has 0 fully saturated rings. The van der Waals surface area contributed by atoms with Crippen LogP contribution >= 0.6 is 0 Å². The second-order valence-electron chi connectivity index (χ2n) is 7.19. The summed E-state index contributed by atoms with van der Waals surface area (Å²) in [6, 6.07) is 13.7. The largest absolute Gasteiger partial charge is 0.398 e. The van der Waals surface area contributed by atoms with Crippen LogP contribution in [0.2, 0.25) is 0 Å². The third-order valence-electron chi connectivity index (χ3n) is 5.61. The molecule has 0 saturated heterocycles. The number of hydrogen-bond acceptors (Lipinski definition) is 5. The fourth-order valence-corrected chi connectivity index (χ4v) is 4.26. The molecule has 3 heterocycles. The molecule has 7 nitrogen and oxygen atoms in total. The maximum Gasteiger partial charge on any atom is 0.262 e. The molecule has 142 valence electrons. The van der Waals surface area contributed by atoms with Gasteiger partial charge >= 0.3 is 0 Å². The van der Waals surface area contributed by atoms with Crippen molar-refractivity contribution in [2.75, 3.05) is 17.2 Å². The van der Waals surface area contributed by atoms with Gasteiger partial charge in [-0.3, -0.25) is 13.8 Å². The van der Waals surface area contributed by atoms with Crippen LogP contribution in [0, 0.1) is 0 Å². The van der Waals surface area contributed by atoms with Gasteiger partial charge in [0, 0.05) is 24.5 Å². The predicted molar refractivity (Wildman–Crippen MR) is 111 cm³/mol. The molecule has 2 aromatic heterocycles. The highest BCUT2D eigenvalue weighted by molar-refractivity contribution is 5.80. The zero-order valence-electron chi connectivity index (χ0n) is 15.8. The second-order valence-corrected chi connectivity index (χ2v) is 7.19. The fourth-order valence-electron chi connectivity index (χ4n) is 4.26. The number of hydrogen-bond donors (Lipinski definition) is 1. The minimum atomic E-state index is -0.0272. The summed E-state index contributed by atoms with van der Waals surface area (Å²) in [4.78, 5) is 15.1. The van der Waals surface area contributed by atoms with Gasteiger partial charge in [-0.05, 0) is 49.6 Å². The van der Waals surface area contributed by atoms with Gasteiger partial charge in [0.2, 0.25) is 5.78 Å². The lowest BCUT2D eigenvalue weighted by atomic mass is 10.00. The molecule has 0 aliphatic carbocycles. The maximum atomic E-state index is 12.8. The number of nitrogens with zero attached hydrogens (tertiary/aromatic N) is 5. The molecule has 0 spiro atoms. The van der Waals surface area contributed by atoms with Crippen LogP contribution in [0.1, 0.15) is 24.7 Å². The van der Waals surface area contributed by atoms with Gasteiger partial charge in [-0.15, -0.1) is 10.2 Å². The average molecular weight is 374 g/mol. The molecule has 0 saturated carbocycles. The van der Waals surface area contributed by atoms with Crippen molar-refractivity contribution in [2.24, 2.45) is 0 Å². The molecule has 2 N–H and O–H groups in total. The van der Waals surface area contributed by atoms with Gasteiger partial charge in [-0.1, -0.05) is 18.2 Å². The summed E-state index contributed by atoms with van der Waals surface area (Å²) in [6.45, 7) is 4.06. The molecule has 0 atom stereocenters. The molecule has 7 heteroatoms. The standard InChI is InChI=1S/C21H22N6O/c1-2-26-20(28)15-7-3-4-10-18(15)27-19(23-24-21(26)27)13-25-12-6-8-14-16(22)9-5-11-17(14)25/h3-5,7,9-11H,2,6,8,12-13,22H2,1H3. The first-order valence-corrected chi connectivity index (χ1v) is 9.67. The van der Waals surface area contributed by atoms with E-state index in [1.54, 1.807) is 4.57 Å². The monoisotopic (exact) mass is 374 g/mol. The number of nitrogen functional groups attached to an aromatic ring is 1. The Morgan fingerprint density at radius 2 is 1.96 bits per heavy atom. The van der Waals surface area contributed by atoms with Crippen LogP contribution in [0.3, 0.4) is 0 Å². The Hall–Kier alpha value is -3.35.